The van der Waals surface area contributed by atoms with Gasteiger partial charge in [0, 0.05) is 38.1 Å². The van der Waals surface area contributed by atoms with Crippen LogP contribution in [0.2, 0.25) is 0 Å². The number of imide groups is 2. The zero-order chi connectivity index (χ0) is 21.3. The van der Waals surface area contributed by atoms with Crippen molar-refractivity contribution in [1.82, 2.24) is 10.2 Å². The number of anilines is 2. The number of hydrogen-bond donors (Lipinski definition) is 1. The van der Waals surface area contributed by atoms with E-state index in [2.05, 4.69) is 10.2 Å². The van der Waals surface area contributed by atoms with Gasteiger partial charge >= 0.3 is 6.03 Å². The zero-order valence-corrected chi connectivity index (χ0v) is 16.5. The van der Waals surface area contributed by atoms with Crippen molar-refractivity contribution in [3.8, 4) is 0 Å². The number of nitrogens with one attached hydrogen (secondary N) is 1. The van der Waals surface area contributed by atoms with Gasteiger partial charge in [-0.05, 0) is 42.8 Å². The molecule has 0 atom stereocenters. The highest BCUT2D eigenvalue weighted by Gasteiger charge is 2.38. The lowest BCUT2D eigenvalue weighted by molar-refractivity contribution is -0.122. The highest BCUT2D eigenvalue weighted by molar-refractivity contribution is 6.37. The monoisotopic (exact) mass is 408 g/mol. The molecule has 2 aromatic rings. The molecule has 2 aromatic carbocycles. The lowest BCUT2D eigenvalue weighted by Crippen LogP contribution is -2.55. The Hall–Kier alpha value is -3.68. The van der Waals surface area contributed by atoms with Gasteiger partial charge in [-0.15, -0.1) is 0 Å². The highest BCUT2D eigenvalue weighted by atomic mass is 19.1. The summed E-state index contributed by atoms with van der Waals surface area (Å²) in [5.74, 6) is -1.62. The lowest BCUT2D eigenvalue weighted by atomic mass is 10.1. The first-order chi connectivity index (χ1) is 14.4. The molecule has 30 heavy (non-hydrogen) atoms. The van der Waals surface area contributed by atoms with Gasteiger partial charge in [-0.2, -0.15) is 0 Å². The molecule has 154 valence electrons. The second-order valence-corrected chi connectivity index (χ2v) is 7.23. The smallest absolute Gasteiger partial charge is 0.335 e. The third kappa shape index (κ3) is 3.76. The Morgan fingerprint density at radius 1 is 0.933 bits per heavy atom. The molecule has 0 bridgehead atoms. The lowest BCUT2D eigenvalue weighted by Gasteiger charge is -2.36. The van der Waals surface area contributed by atoms with E-state index in [-0.39, 0.29) is 11.4 Å². The molecule has 4 amide bonds. The van der Waals surface area contributed by atoms with Crippen LogP contribution in [0, 0.1) is 12.7 Å². The van der Waals surface area contributed by atoms with Gasteiger partial charge in [0.25, 0.3) is 11.8 Å². The molecule has 0 radical (unpaired) electrons. The summed E-state index contributed by atoms with van der Waals surface area (Å²) in [6.07, 6.45) is 1.53. The summed E-state index contributed by atoms with van der Waals surface area (Å²) < 4.78 is 13.1. The number of aryl methyl sites for hydroxylation is 1. The number of benzene rings is 2. The Labute approximate surface area is 173 Å². The number of para-hydroxylation sites is 1. The number of halogens is 1. The Bertz CT molecular complexity index is 1030. The zero-order valence-electron chi connectivity index (χ0n) is 16.5. The number of carbonyl (C=O) groups excluding carboxylic acids is 3. The Morgan fingerprint density at radius 3 is 2.27 bits per heavy atom. The SMILES string of the molecule is Cc1ccccc1N1C(=O)NC(=O)/C(=C/N2CCN(c3ccc(F)cc3)CC2)C1=O. The molecule has 2 aliphatic rings. The second-order valence-electron chi connectivity index (χ2n) is 7.23. The van der Waals surface area contributed by atoms with Crippen molar-refractivity contribution < 1.29 is 18.8 Å². The minimum absolute atomic E-state index is 0.0758. The molecule has 8 heteroatoms. The second kappa shape index (κ2) is 7.98. The van der Waals surface area contributed by atoms with Gasteiger partial charge < -0.3 is 9.80 Å². The molecular weight excluding hydrogens is 387 g/mol. The van der Waals surface area contributed by atoms with Crippen LogP contribution in [-0.4, -0.2) is 48.9 Å². The van der Waals surface area contributed by atoms with Crippen molar-refractivity contribution in [3.05, 3.63) is 71.7 Å². The van der Waals surface area contributed by atoms with Crippen LogP contribution in [0.1, 0.15) is 5.56 Å². The molecule has 0 aromatic heterocycles. The average Bonchev–Trinajstić information content (AvgIpc) is 2.73. The molecule has 0 saturated carbocycles. The number of amides is 4. The van der Waals surface area contributed by atoms with E-state index in [4.69, 9.17) is 0 Å². The van der Waals surface area contributed by atoms with Gasteiger partial charge in [-0.3, -0.25) is 14.9 Å². The Morgan fingerprint density at radius 2 is 1.60 bits per heavy atom. The summed E-state index contributed by atoms with van der Waals surface area (Å²) in [6, 6.07) is 12.6. The summed E-state index contributed by atoms with van der Waals surface area (Å²) >= 11 is 0. The maximum atomic E-state index is 13.1. The van der Waals surface area contributed by atoms with Crippen LogP contribution < -0.4 is 15.1 Å². The van der Waals surface area contributed by atoms with Crippen LogP contribution in [-0.2, 0) is 9.59 Å². The number of hydrogen-bond acceptors (Lipinski definition) is 5. The molecule has 0 unspecified atom stereocenters. The van der Waals surface area contributed by atoms with Gasteiger partial charge in [0.05, 0.1) is 5.69 Å². The van der Waals surface area contributed by atoms with Crippen LogP contribution in [0.25, 0.3) is 0 Å². The predicted molar refractivity (Wildman–Crippen MR) is 110 cm³/mol. The summed E-state index contributed by atoms with van der Waals surface area (Å²) in [5.41, 5.74) is 2.04. The van der Waals surface area contributed by atoms with E-state index >= 15 is 0 Å². The van der Waals surface area contributed by atoms with E-state index in [1.54, 1.807) is 37.3 Å². The minimum atomic E-state index is -0.752. The standard InChI is InChI=1S/C22H21FN4O3/c1-15-4-2-3-5-19(15)27-21(29)18(20(28)24-22(27)30)14-25-10-12-26(13-11-25)17-8-6-16(23)7-9-17/h2-9,14H,10-13H2,1H3,(H,24,28,30)/b18-14-. The van der Waals surface area contributed by atoms with Gasteiger partial charge in [0.2, 0.25) is 0 Å². The number of rotatable bonds is 3. The maximum Gasteiger partial charge on any atom is 0.335 e. The van der Waals surface area contributed by atoms with Gasteiger partial charge in [0.1, 0.15) is 11.4 Å². The highest BCUT2D eigenvalue weighted by Crippen LogP contribution is 2.24. The minimum Gasteiger partial charge on any atom is -0.373 e. The van der Waals surface area contributed by atoms with Gasteiger partial charge in [-0.1, -0.05) is 18.2 Å². The van der Waals surface area contributed by atoms with E-state index < -0.39 is 17.8 Å². The molecule has 2 fully saturated rings. The van der Waals surface area contributed by atoms with Crippen LogP contribution >= 0.6 is 0 Å². The van der Waals surface area contributed by atoms with Crippen molar-refractivity contribution in [1.29, 1.82) is 0 Å². The van der Waals surface area contributed by atoms with E-state index in [1.165, 1.54) is 18.3 Å². The van der Waals surface area contributed by atoms with Crippen molar-refractivity contribution in [2.24, 2.45) is 0 Å². The quantitative estimate of drug-likeness (QED) is 0.624. The molecule has 0 spiro atoms. The number of piperazine rings is 1. The number of nitrogens with zero attached hydrogens (tertiary/aromatic N) is 3. The molecule has 7 nitrogen and oxygen atoms in total. The number of urea groups is 1. The van der Waals surface area contributed by atoms with E-state index in [0.29, 0.717) is 31.9 Å². The fraction of sp³-hybridized carbons (Fsp3) is 0.227. The molecule has 2 heterocycles. The topological polar surface area (TPSA) is 73.0 Å². The molecule has 4 rings (SSSR count). The van der Waals surface area contributed by atoms with Crippen LogP contribution in [0.3, 0.4) is 0 Å². The van der Waals surface area contributed by atoms with E-state index in [9.17, 15) is 18.8 Å². The third-order valence-electron chi connectivity index (χ3n) is 5.28. The Balaban J connectivity index is 1.51. The van der Waals surface area contributed by atoms with Crippen LogP contribution in [0.5, 0.6) is 0 Å². The fourth-order valence-corrected chi connectivity index (χ4v) is 3.62. The molecule has 2 aliphatic heterocycles. The molecule has 0 aliphatic carbocycles. The number of barbiturate groups is 1. The molecular formula is C22H21FN4O3. The van der Waals surface area contributed by atoms with Crippen molar-refractivity contribution in [2.75, 3.05) is 36.0 Å². The van der Waals surface area contributed by atoms with E-state index in [1.807, 2.05) is 11.0 Å². The first kappa shape index (κ1) is 19.6. The number of carbonyl (C=O) groups is 3. The molecule has 1 N–H and O–H groups in total. The summed E-state index contributed by atoms with van der Waals surface area (Å²) in [5, 5.41) is 2.25. The first-order valence-electron chi connectivity index (χ1n) is 9.66. The average molecular weight is 408 g/mol. The predicted octanol–water partition coefficient (Wildman–Crippen LogP) is 2.42. The normalized spacial score (nSPS) is 18.8. The van der Waals surface area contributed by atoms with Crippen molar-refractivity contribution in [2.45, 2.75) is 6.92 Å². The first-order valence-corrected chi connectivity index (χ1v) is 9.66. The maximum absolute atomic E-state index is 13.1. The van der Waals surface area contributed by atoms with Crippen LogP contribution in [0.15, 0.2) is 60.3 Å². The summed E-state index contributed by atoms with van der Waals surface area (Å²) in [7, 11) is 0. The largest absolute Gasteiger partial charge is 0.373 e. The van der Waals surface area contributed by atoms with Crippen molar-refractivity contribution >= 4 is 29.2 Å². The summed E-state index contributed by atoms with van der Waals surface area (Å²) in [6.45, 7) is 4.28. The van der Waals surface area contributed by atoms with Crippen molar-refractivity contribution in [3.63, 3.8) is 0 Å². The van der Waals surface area contributed by atoms with Gasteiger partial charge in [0.15, 0.2) is 0 Å². The van der Waals surface area contributed by atoms with Gasteiger partial charge in [-0.25, -0.2) is 14.1 Å². The van der Waals surface area contributed by atoms with Crippen LogP contribution in [0.4, 0.5) is 20.6 Å². The van der Waals surface area contributed by atoms with E-state index in [0.717, 1.165) is 16.2 Å². The fourth-order valence-electron chi connectivity index (χ4n) is 3.62. The molecule has 2 saturated heterocycles. The third-order valence-corrected chi connectivity index (χ3v) is 5.28. The summed E-state index contributed by atoms with van der Waals surface area (Å²) in [4.78, 5) is 42.7. The Kier molecular flexibility index (Phi) is 5.22.